The Hall–Kier alpha value is -0.700. The minimum atomic E-state index is -3.41. The van der Waals surface area contributed by atoms with Gasteiger partial charge in [0.1, 0.15) is 6.04 Å². The third kappa shape index (κ3) is 3.42. The lowest BCUT2D eigenvalue weighted by molar-refractivity contribution is -0.138. The highest BCUT2D eigenvalue weighted by molar-refractivity contribution is 7.87. The molecule has 1 aliphatic rings. The van der Waals surface area contributed by atoms with Crippen molar-refractivity contribution in [3.63, 3.8) is 0 Å². The molecule has 0 aromatic heterocycles. The van der Waals surface area contributed by atoms with Crippen LogP contribution in [0.3, 0.4) is 0 Å². The standard InChI is InChI=1S/C7H15N3O4S/c8-6(7(11)12)2-3-9-15(13,14)10-4-1-5-10/h6,9H,1-5,8H2,(H,11,12)/t6-/m0/s1. The summed E-state index contributed by atoms with van der Waals surface area (Å²) in [4.78, 5) is 10.3. The highest BCUT2D eigenvalue weighted by Crippen LogP contribution is 2.10. The number of carbonyl (C=O) groups is 1. The van der Waals surface area contributed by atoms with Crippen molar-refractivity contribution in [1.29, 1.82) is 0 Å². The first-order valence-electron chi connectivity index (χ1n) is 4.66. The van der Waals surface area contributed by atoms with Gasteiger partial charge in [-0.1, -0.05) is 0 Å². The summed E-state index contributed by atoms with van der Waals surface area (Å²) >= 11 is 0. The van der Waals surface area contributed by atoms with Gasteiger partial charge in [0.15, 0.2) is 0 Å². The minimum absolute atomic E-state index is 0.0479. The fourth-order valence-corrected chi connectivity index (χ4v) is 2.38. The van der Waals surface area contributed by atoms with E-state index in [1.807, 2.05) is 0 Å². The van der Waals surface area contributed by atoms with Crippen LogP contribution in [-0.2, 0) is 15.0 Å². The highest BCUT2D eigenvalue weighted by atomic mass is 32.2. The third-order valence-corrected chi connectivity index (χ3v) is 3.83. The Morgan fingerprint density at radius 3 is 2.53 bits per heavy atom. The van der Waals surface area contributed by atoms with Crippen molar-refractivity contribution in [1.82, 2.24) is 9.03 Å². The van der Waals surface area contributed by atoms with Crippen molar-refractivity contribution in [2.45, 2.75) is 18.9 Å². The molecular weight excluding hydrogens is 222 g/mol. The van der Waals surface area contributed by atoms with Crippen molar-refractivity contribution in [2.24, 2.45) is 5.73 Å². The summed E-state index contributed by atoms with van der Waals surface area (Å²) in [6.07, 6.45) is 0.956. The van der Waals surface area contributed by atoms with E-state index < -0.39 is 22.2 Å². The Labute approximate surface area is 88.4 Å². The van der Waals surface area contributed by atoms with Crippen LogP contribution in [0.15, 0.2) is 0 Å². The topological polar surface area (TPSA) is 113 Å². The first-order chi connectivity index (χ1) is 6.93. The molecule has 4 N–H and O–H groups in total. The van der Waals surface area contributed by atoms with Crippen molar-refractivity contribution in [2.75, 3.05) is 19.6 Å². The number of aliphatic carboxylic acids is 1. The zero-order chi connectivity index (χ0) is 11.5. The van der Waals surface area contributed by atoms with Crippen LogP contribution in [-0.4, -0.2) is 49.5 Å². The summed E-state index contributed by atoms with van der Waals surface area (Å²) in [6, 6.07) is -1.02. The zero-order valence-electron chi connectivity index (χ0n) is 8.22. The maximum Gasteiger partial charge on any atom is 0.320 e. The molecule has 0 spiro atoms. The van der Waals surface area contributed by atoms with Crippen molar-refractivity contribution < 1.29 is 18.3 Å². The largest absolute Gasteiger partial charge is 0.480 e. The molecule has 1 saturated heterocycles. The molecule has 1 fully saturated rings. The van der Waals surface area contributed by atoms with E-state index in [9.17, 15) is 13.2 Å². The van der Waals surface area contributed by atoms with E-state index in [1.54, 1.807) is 0 Å². The van der Waals surface area contributed by atoms with Gasteiger partial charge in [0, 0.05) is 19.6 Å². The predicted octanol–water partition coefficient (Wildman–Crippen LogP) is -1.67. The molecule has 1 heterocycles. The maximum atomic E-state index is 11.4. The van der Waals surface area contributed by atoms with Gasteiger partial charge in [-0.05, 0) is 12.8 Å². The molecule has 7 nitrogen and oxygen atoms in total. The van der Waals surface area contributed by atoms with Gasteiger partial charge in [0.25, 0.3) is 10.2 Å². The lowest BCUT2D eigenvalue weighted by atomic mass is 10.2. The molecule has 0 aliphatic carbocycles. The van der Waals surface area contributed by atoms with Gasteiger partial charge >= 0.3 is 5.97 Å². The SMILES string of the molecule is N[C@@H](CCNS(=O)(=O)N1CCC1)C(=O)O. The van der Waals surface area contributed by atoms with Crippen LogP contribution in [0.1, 0.15) is 12.8 Å². The van der Waals surface area contributed by atoms with Gasteiger partial charge in [0.05, 0.1) is 0 Å². The van der Waals surface area contributed by atoms with Crippen molar-refractivity contribution in [3.8, 4) is 0 Å². The normalized spacial score (nSPS) is 19.5. The summed E-state index contributed by atoms with van der Waals surface area (Å²) < 4.78 is 26.4. The van der Waals surface area contributed by atoms with E-state index in [2.05, 4.69) is 4.72 Å². The van der Waals surface area contributed by atoms with E-state index in [-0.39, 0.29) is 13.0 Å². The predicted molar refractivity (Wildman–Crippen MR) is 53.3 cm³/mol. The van der Waals surface area contributed by atoms with E-state index in [4.69, 9.17) is 10.8 Å². The van der Waals surface area contributed by atoms with Crippen LogP contribution in [0.5, 0.6) is 0 Å². The number of hydrogen-bond acceptors (Lipinski definition) is 4. The average Bonchev–Trinajstić information content (AvgIpc) is 1.98. The van der Waals surface area contributed by atoms with E-state index in [0.717, 1.165) is 6.42 Å². The Bertz CT molecular complexity index is 325. The summed E-state index contributed by atoms with van der Waals surface area (Å²) in [6.45, 7) is 1.10. The Balaban J connectivity index is 2.27. The van der Waals surface area contributed by atoms with E-state index in [0.29, 0.717) is 13.1 Å². The summed E-state index contributed by atoms with van der Waals surface area (Å²) in [7, 11) is -3.41. The maximum absolute atomic E-state index is 11.4. The Morgan fingerprint density at radius 2 is 2.13 bits per heavy atom. The molecule has 0 saturated carbocycles. The number of nitrogens with two attached hydrogens (primary N) is 1. The lowest BCUT2D eigenvalue weighted by Gasteiger charge is -2.29. The molecule has 1 rings (SSSR count). The van der Waals surface area contributed by atoms with E-state index in [1.165, 1.54) is 4.31 Å². The second-order valence-corrected chi connectivity index (χ2v) is 5.14. The number of carboxylic acids is 1. The summed E-state index contributed by atoms with van der Waals surface area (Å²) in [5, 5.41) is 8.47. The van der Waals surface area contributed by atoms with Crippen LogP contribution in [0, 0.1) is 0 Å². The number of rotatable bonds is 6. The van der Waals surface area contributed by atoms with Gasteiger partial charge in [0.2, 0.25) is 0 Å². The first-order valence-corrected chi connectivity index (χ1v) is 6.10. The fourth-order valence-electron chi connectivity index (χ4n) is 1.09. The smallest absolute Gasteiger partial charge is 0.320 e. The highest BCUT2D eigenvalue weighted by Gasteiger charge is 2.27. The van der Waals surface area contributed by atoms with Crippen molar-refractivity contribution >= 4 is 16.2 Å². The van der Waals surface area contributed by atoms with Gasteiger partial charge in [-0.2, -0.15) is 12.7 Å². The summed E-state index contributed by atoms with van der Waals surface area (Å²) in [5.41, 5.74) is 5.22. The molecule has 1 aliphatic heterocycles. The monoisotopic (exact) mass is 237 g/mol. The van der Waals surface area contributed by atoms with Crippen molar-refractivity contribution in [3.05, 3.63) is 0 Å². The first kappa shape index (κ1) is 12.4. The number of nitrogens with zero attached hydrogens (tertiary/aromatic N) is 1. The molecule has 0 radical (unpaired) electrons. The second-order valence-electron chi connectivity index (χ2n) is 3.39. The second kappa shape index (κ2) is 4.88. The third-order valence-electron chi connectivity index (χ3n) is 2.21. The number of nitrogens with one attached hydrogen (secondary N) is 1. The fraction of sp³-hybridized carbons (Fsp3) is 0.857. The minimum Gasteiger partial charge on any atom is -0.480 e. The molecule has 0 amide bonds. The molecular formula is C7H15N3O4S. The molecule has 0 aromatic carbocycles. The van der Waals surface area contributed by atoms with Gasteiger partial charge < -0.3 is 10.8 Å². The molecule has 0 aromatic rings. The van der Waals surface area contributed by atoms with Gasteiger partial charge in [-0.3, -0.25) is 4.79 Å². The zero-order valence-corrected chi connectivity index (χ0v) is 9.03. The Morgan fingerprint density at radius 1 is 1.53 bits per heavy atom. The Kier molecular flexibility index (Phi) is 4.03. The van der Waals surface area contributed by atoms with Gasteiger partial charge in [-0.25, -0.2) is 4.72 Å². The van der Waals surface area contributed by atoms with Crippen LogP contribution in [0.4, 0.5) is 0 Å². The summed E-state index contributed by atoms with van der Waals surface area (Å²) in [5.74, 6) is -1.13. The van der Waals surface area contributed by atoms with Crippen LogP contribution >= 0.6 is 0 Å². The van der Waals surface area contributed by atoms with Crippen LogP contribution in [0.2, 0.25) is 0 Å². The number of carboxylic acid groups (broad SMARTS) is 1. The van der Waals surface area contributed by atoms with Crippen LogP contribution < -0.4 is 10.5 Å². The van der Waals surface area contributed by atoms with Crippen LogP contribution in [0.25, 0.3) is 0 Å². The molecule has 0 bridgehead atoms. The molecule has 1 atom stereocenters. The molecule has 0 unspecified atom stereocenters. The molecule has 88 valence electrons. The number of hydrogen-bond donors (Lipinski definition) is 3. The molecule has 15 heavy (non-hydrogen) atoms. The van der Waals surface area contributed by atoms with Gasteiger partial charge in [-0.15, -0.1) is 0 Å². The average molecular weight is 237 g/mol. The quantitative estimate of drug-likeness (QED) is 0.511. The molecule has 8 heteroatoms. The van der Waals surface area contributed by atoms with E-state index >= 15 is 0 Å². The lowest BCUT2D eigenvalue weighted by Crippen LogP contribution is -2.49.